The molecule has 3 heteroatoms. The van der Waals surface area contributed by atoms with Crippen LogP contribution in [0.3, 0.4) is 0 Å². The number of benzene rings is 1. The normalized spacial score (nSPS) is 11.1. The fraction of sp³-hybridized carbons (Fsp3) is 0.333. The number of fused-ring (bicyclic) bond motifs is 1. The molecule has 0 saturated heterocycles. The van der Waals surface area contributed by atoms with Crippen molar-refractivity contribution >= 4 is 10.9 Å². The van der Waals surface area contributed by atoms with E-state index in [-0.39, 0.29) is 6.61 Å². The Balaban J connectivity index is 2.28. The standard InChI is InChI=1S/C12H16N2O/c1-9-11(8-13-6-7-15)10-4-2-3-5-12(10)14-9/h2-5,13-15H,6-8H2,1H3. The molecule has 0 amide bonds. The van der Waals surface area contributed by atoms with Gasteiger partial charge in [-0.1, -0.05) is 18.2 Å². The lowest BCUT2D eigenvalue weighted by molar-refractivity contribution is 0.292. The highest BCUT2D eigenvalue weighted by atomic mass is 16.3. The molecule has 3 nitrogen and oxygen atoms in total. The zero-order valence-corrected chi connectivity index (χ0v) is 8.88. The minimum atomic E-state index is 0.182. The van der Waals surface area contributed by atoms with Crippen molar-refractivity contribution in [3.05, 3.63) is 35.5 Å². The minimum Gasteiger partial charge on any atom is -0.395 e. The number of aromatic amines is 1. The average molecular weight is 204 g/mol. The minimum absolute atomic E-state index is 0.182. The summed E-state index contributed by atoms with van der Waals surface area (Å²) < 4.78 is 0. The summed E-state index contributed by atoms with van der Waals surface area (Å²) in [6.45, 7) is 3.70. The highest BCUT2D eigenvalue weighted by Gasteiger charge is 2.06. The van der Waals surface area contributed by atoms with E-state index in [0.29, 0.717) is 6.54 Å². The SMILES string of the molecule is Cc1[nH]c2ccccc2c1CNCCO. The van der Waals surface area contributed by atoms with E-state index in [2.05, 4.69) is 29.4 Å². The maximum Gasteiger partial charge on any atom is 0.0556 e. The second-order valence-corrected chi connectivity index (χ2v) is 3.67. The predicted molar refractivity (Wildman–Crippen MR) is 61.8 cm³/mol. The van der Waals surface area contributed by atoms with Gasteiger partial charge in [-0.3, -0.25) is 0 Å². The number of nitrogens with one attached hydrogen (secondary N) is 2. The molecule has 1 heterocycles. The van der Waals surface area contributed by atoms with Gasteiger partial charge < -0.3 is 15.4 Å². The summed E-state index contributed by atoms with van der Waals surface area (Å²) in [6, 6.07) is 8.28. The van der Waals surface area contributed by atoms with Crippen LogP contribution in [-0.2, 0) is 6.54 Å². The van der Waals surface area contributed by atoms with Crippen molar-refractivity contribution in [1.29, 1.82) is 0 Å². The van der Waals surface area contributed by atoms with Crippen molar-refractivity contribution in [2.45, 2.75) is 13.5 Å². The second-order valence-electron chi connectivity index (χ2n) is 3.67. The molecule has 0 spiro atoms. The van der Waals surface area contributed by atoms with Crippen molar-refractivity contribution < 1.29 is 5.11 Å². The summed E-state index contributed by atoms with van der Waals surface area (Å²) in [4.78, 5) is 3.35. The van der Waals surface area contributed by atoms with E-state index in [4.69, 9.17) is 5.11 Å². The number of rotatable bonds is 4. The van der Waals surface area contributed by atoms with E-state index in [9.17, 15) is 0 Å². The highest BCUT2D eigenvalue weighted by Crippen LogP contribution is 2.21. The zero-order chi connectivity index (χ0) is 10.7. The van der Waals surface area contributed by atoms with Crippen LogP contribution in [0.1, 0.15) is 11.3 Å². The fourth-order valence-corrected chi connectivity index (χ4v) is 1.85. The molecule has 0 saturated carbocycles. The first kappa shape index (κ1) is 10.2. The molecule has 2 aromatic rings. The van der Waals surface area contributed by atoms with E-state index in [1.165, 1.54) is 22.2 Å². The van der Waals surface area contributed by atoms with Crippen LogP contribution < -0.4 is 5.32 Å². The summed E-state index contributed by atoms with van der Waals surface area (Å²) in [5.41, 5.74) is 3.66. The van der Waals surface area contributed by atoms with Crippen LogP contribution in [-0.4, -0.2) is 23.2 Å². The van der Waals surface area contributed by atoms with Crippen LogP contribution in [0.15, 0.2) is 24.3 Å². The third-order valence-electron chi connectivity index (χ3n) is 2.62. The molecule has 0 bridgehead atoms. The Kier molecular flexibility index (Phi) is 3.04. The molecule has 3 N–H and O–H groups in total. The predicted octanol–water partition coefficient (Wildman–Crippen LogP) is 1.56. The number of H-pyrrole nitrogens is 1. The number of para-hydroxylation sites is 1. The summed E-state index contributed by atoms with van der Waals surface area (Å²) in [5, 5.41) is 13.2. The molecular weight excluding hydrogens is 188 g/mol. The molecule has 0 aliphatic rings. The van der Waals surface area contributed by atoms with Crippen LogP contribution in [0, 0.1) is 6.92 Å². The Bertz CT molecular complexity index is 448. The number of hydrogen-bond acceptors (Lipinski definition) is 2. The molecule has 1 aromatic heterocycles. The van der Waals surface area contributed by atoms with Gasteiger partial charge in [0.25, 0.3) is 0 Å². The molecule has 0 radical (unpaired) electrons. The average Bonchev–Trinajstić information content (AvgIpc) is 2.56. The maximum absolute atomic E-state index is 8.71. The van der Waals surface area contributed by atoms with Gasteiger partial charge in [0.2, 0.25) is 0 Å². The van der Waals surface area contributed by atoms with Gasteiger partial charge in [0, 0.05) is 29.7 Å². The topological polar surface area (TPSA) is 48.0 Å². The Morgan fingerprint density at radius 1 is 1.33 bits per heavy atom. The molecule has 2 rings (SSSR count). The first-order valence-corrected chi connectivity index (χ1v) is 5.20. The van der Waals surface area contributed by atoms with Gasteiger partial charge in [0.05, 0.1) is 6.61 Å². The fourth-order valence-electron chi connectivity index (χ4n) is 1.85. The summed E-state index contributed by atoms with van der Waals surface area (Å²) in [7, 11) is 0. The maximum atomic E-state index is 8.71. The van der Waals surface area contributed by atoms with E-state index in [1.54, 1.807) is 0 Å². The molecule has 0 atom stereocenters. The Hall–Kier alpha value is -1.32. The lowest BCUT2D eigenvalue weighted by Crippen LogP contribution is -2.17. The van der Waals surface area contributed by atoms with Crippen molar-refractivity contribution in [1.82, 2.24) is 10.3 Å². The lowest BCUT2D eigenvalue weighted by Gasteiger charge is -2.02. The van der Waals surface area contributed by atoms with Gasteiger partial charge >= 0.3 is 0 Å². The van der Waals surface area contributed by atoms with Crippen molar-refractivity contribution in [3.63, 3.8) is 0 Å². The Labute approximate surface area is 89.1 Å². The number of aromatic nitrogens is 1. The van der Waals surface area contributed by atoms with E-state index >= 15 is 0 Å². The number of aliphatic hydroxyl groups is 1. The van der Waals surface area contributed by atoms with Gasteiger partial charge in [0.15, 0.2) is 0 Å². The van der Waals surface area contributed by atoms with E-state index < -0.39 is 0 Å². The van der Waals surface area contributed by atoms with Gasteiger partial charge in [0.1, 0.15) is 0 Å². The lowest BCUT2D eigenvalue weighted by atomic mass is 10.1. The Morgan fingerprint density at radius 3 is 2.93 bits per heavy atom. The molecular formula is C12H16N2O. The largest absolute Gasteiger partial charge is 0.395 e. The number of aryl methyl sites for hydroxylation is 1. The van der Waals surface area contributed by atoms with Crippen molar-refractivity contribution in [2.75, 3.05) is 13.2 Å². The number of aliphatic hydroxyl groups excluding tert-OH is 1. The third kappa shape index (κ3) is 2.03. The van der Waals surface area contributed by atoms with E-state index in [1.807, 2.05) is 12.1 Å². The zero-order valence-electron chi connectivity index (χ0n) is 8.88. The van der Waals surface area contributed by atoms with Gasteiger partial charge in [-0.2, -0.15) is 0 Å². The third-order valence-corrected chi connectivity index (χ3v) is 2.62. The molecule has 0 fully saturated rings. The second kappa shape index (κ2) is 4.47. The quantitative estimate of drug-likeness (QED) is 0.662. The molecule has 1 aromatic carbocycles. The first-order valence-electron chi connectivity index (χ1n) is 5.20. The van der Waals surface area contributed by atoms with Crippen LogP contribution >= 0.6 is 0 Å². The first-order chi connectivity index (χ1) is 7.33. The van der Waals surface area contributed by atoms with Crippen molar-refractivity contribution in [2.24, 2.45) is 0 Å². The monoisotopic (exact) mass is 204 g/mol. The summed E-state index contributed by atoms with van der Waals surface area (Å²) >= 11 is 0. The molecule has 0 aliphatic carbocycles. The molecule has 0 unspecified atom stereocenters. The molecule has 15 heavy (non-hydrogen) atoms. The van der Waals surface area contributed by atoms with Gasteiger partial charge in [-0.05, 0) is 18.6 Å². The van der Waals surface area contributed by atoms with Crippen LogP contribution in [0.2, 0.25) is 0 Å². The smallest absolute Gasteiger partial charge is 0.0556 e. The van der Waals surface area contributed by atoms with Crippen LogP contribution in [0.4, 0.5) is 0 Å². The van der Waals surface area contributed by atoms with Gasteiger partial charge in [-0.15, -0.1) is 0 Å². The summed E-state index contributed by atoms with van der Waals surface area (Å²) in [6.07, 6.45) is 0. The van der Waals surface area contributed by atoms with Crippen molar-refractivity contribution in [3.8, 4) is 0 Å². The Morgan fingerprint density at radius 2 is 2.13 bits per heavy atom. The number of hydrogen-bond donors (Lipinski definition) is 3. The summed E-state index contributed by atoms with van der Waals surface area (Å²) in [5.74, 6) is 0. The highest BCUT2D eigenvalue weighted by molar-refractivity contribution is 5.84. The van der Waals surface area contributed by atoms with E-state index in [0.717, 1.165) is 6.54 Å². The van der Waals surface area contributed by atoms with Crippen LogP contribution in [0.5, 0.6) is 0 Å². The molecule has 0 aliphatic heterocycles. The molecule has 80 valence electrons. The van der Waals surface area contributed by atoms with Gasteiger partial charge in [-0.25, -0.2) is 0 Å². The van der Waals surface area contributed by atoms with Crippen LogP contribution in [0.25, 0.3) is 10.9 Å².